The lowest BCUT2D eigenvalue weighted by Crippen LogP contribution is -2.56. The first kappa shape index (κ1) is 34.9. The molecular weight excluding hydrogens is 574 g/mol. The van der Waals surface area contributed by atoms with Crippen LogP contribution in [0.4, 0.5) is 0 Å². The molecule has 0 aliphatic carbocycles. The number of imide groups is 1. The molecule has 1 aromatic heterocycles. The Morgan fingerprint density at radius 3 is 2.12 bits per heavy atom. The van der Waals surface area contributed by atoms with Gasteiger partial charge in [0.1, 0.15) is 12.1 Å². The summed E-state index contributed by atoms with van der Waals surface area (Å²) in [5.74, 6) is -3.77. The zero-order valence-corrected chi connectivity index (χ0v) is 24.8. The summed E-state index contributed by atoms with van der Waals surface area (Å²) in [6.45, 7) is 1.93. The summed E-state index contributed by atoms with van der Waals surface area (Å²) in [5.41, 5.74) is 20.1. The zero-order valence-electron chi connectivity index (χ0n) is 24.0. The van der Waals surface area contributed by atoms with Crippen LogP contribution < -0.4 is 33.2 Å². The molecule has 5 amide bonds. The smallest absolute Gasteiger partial charge is 0.243 e. The lowest BCUT2D eigenvalue weighted by Gasteiger charge is -2.23. The molecule has 4 atom stereocenters. The van der Waals surface area contributed by atoms with Gasteiger partial charge in [-0.05, 0) is 36.5 Å². The van der Waals surface area contributed by atoms with Crippen LogP contribution in [0.1, 0.15) is 43.7 Å². The highest BCUT2D eigenvalue weighted by atomic mass is 35.5. The fourth-order valence-corrected chi connectivity index (χ4v) is 4.51. The van der Waals surface area contributed by atoms with Gasteiger partial charge >= 0.3 is 0 Å². The number of nitrogens with one attached hydrogen (secondary N) is 4. The Bertz CT molecular complexity index is 1400. The van der Waals surface area contributed by atoms with Crippen LogP contribution in [-0.2, 0) is 36.8 Å². The number of fused-ring (bicyclic) bond motifs is 1. The number of nitrogens with two attached hydrogens (primary N) is 3. The Kier molecular flexibility index (Phi) is 13.8. The van der Waals surface area contributed by atoms with E-state index in [1.54, 1.807) is 30.5 Å². The first-order valence-corrected chi connectivity index (χ1v) is 13.9. The number of primary amides is 1. The Morgan fingerprint density at radius 1 is 0.814 bits per heavy atom. The molecule has 0 saturated heterocycles. The number of aromatic amines is 1. The minimum absolute atomic E-state index is 0. The van der Waals surface area contributed by atoms with Crippen molar-refractivity contribution < 1.29 is 24.0 Å². The van der Waals surface area contributed by atoms with Crippen LogP contribution in [0, 0.1) is 0 Å². The van der Waals surface area contributed by atoms with E-state index < -0.39 is 60.1 Å². The fraction of sp³-hybridized carbons (Fsp3) is 0.367. The second-order valence-electron chi connectivity index (χ2n) is 10.2. The lowest BCUT2D eigenvalue weighted by molar-refractivity contribution is -0.135. The number of benzene rings is 2. The SMILES string of the molecule is CCCC[C@H](NC(=O)[C@@H](N)Cc1c[nH]c2ccccc12)C(=O)N[C@@H](CC(=O)NC(=O)[C@@H](N)Cc1ccccc1)C(N)=O.Cl. The predicted molar refractivity (Wildman–Crippen MR) is 166 cm³/mol. The number of rotatable bonds is 15. The highest BCUT2D eigenvalue weighted by Gasteiger charge is 2.29. The van der Waals surface area contributed by atoms with Crippen molar-refractivity contribution in [3.05, 3.63) is 71.9 Å². The van der Waals surface area contributed by atoms with Crippen LogP contribution in [-0.4, -0.2) is 58.7 Å². The standard InChI is InChI=1S/C30H39N7O5.ClH/c1-2-3-12-24(35-28(40)22(32)15-19-17-34-23-13-8-7-11-20(19)23)30(42)36-25(27(33)39)16-26(38)37-29(41)21(31)14-18-9-5-4-6-10-18;/h4-11,13,17,21-22,24-25,34H,2-3,12,14-16,31-32H2,1H3,(H2,33,39)(H,35,40)(H,36,42)(H,37,38,41);1H/t21-,22-,24-,25-;/m0./s1. The number of halogens is 1. The van der Waals surface area contributed by atoms with Gasteiger partial charge in [0.05, 0.1) is 18.5 Å². The van der Waals surface area contributed by atoms with E-state index in [4.69, 9.17) is 17.2 Å². The number of hydrogen-bond donors (Lipinski definition) is 7. The Labute approximate surface area is 256 Å². The summed E-state index contributed by atoms with van der Waals surface area (Å²) >= 11 is 0. The highest BCUT2D eigenvalue weighted by molar-refractivity contribution is 6.00. The van der Waals surface area contributed by atoms with Gasteiger partial charge < -0.3 is 32.8 Å². The molecule has 3 aromatic rings. The molecule has 0 radical (unpaired) electrons. The van der Waals surface area contributed by atoms with Crippen molar-refractivity contribution in [2.24, 2.45) is 17.2 Å². The largest absolute Gasteiger partial charge is 0.368 e. The quantitative estimate of drug-likeness (QED) is 0.130. The second kappa shape index (κ2) is 17.0. The normalized spacial score (nSPS) is 13.6. The van der Waals surface area contributed by atoms with Gasteiger partial charge in [0.2, 0.25) is 29.5 Å². The predicted octanol–water partition coefficient (Wildman–Crippen LogP) is 0.708. The summed E-state index contributed by atoms with van der Waals surface area (Å²) in [7, 11) is 0. The molecule has 0 aliphatic heterocycles. The van der Waals surface area contributed by atoms with E-state index in [1.165, 1.54) is 0 Å². The number of amides is 5. The third-order valence-corrected chi connectivity index (χ3v) is 6.88. The molecule has 232 valence electrons. The number of carbonyl (C=O) groups is 5. The summed E-state index contributed by atoms with van der Waals surface area (Å²) in [5, 5.41) is 8.20. The molecule has 12 nitrogen and oxygen atoms in total. The third kappa shape index (κ3) is 10.5. The number of para-hydroxylation sites is 1. The maximum Gasteiger partial charge on any atom is 0.243 e. The van der Waals surface area contributed by atoms with Gasteiger partial charge in [0.25, 0.3) is 0 Å². The van der Waals surface area contributed by atoms with Gasteiger partial charge in [-0.2, -0.15) is 0 Å². The van der Waals surface area contributed by atoms with Crippen molar-refractivity contribution in [3.63, 3.8) is 0 Å². The van der Waals surface area contributed by atoms with Crippen molar-refractivity contribution in [1.29, 1.82) is 0 Å². The first-order chi connectivity index (χ1) is 20.1. The summed E-state index contributed by atoms with van der Waals surface area (Å²) in [4.78, 5) is 66.3. The average molecular weight is 614 g/mol. The topological polar surface area (TPSA) is 215 Å². The summed E-state index contributed by atoms with van der Waals surface area (Å²) in [6.07, 6.45) is 3.28. The van der Waals surface area contributed by atoms with Gasteiger partial charge in [-0.3, -0.25) is 29.3 Å². The van der Waals surface area contributed by atoms with Gasteiger partial charge in [-0.15, -0.1) is 12.4 Å². The Morgan fingerprint density at radius 2 is 1.44 bits per heavy atom. The zero-order chi connectivity index (χ0) is 30.6. The molecule has 0 unspecified atom stereocenters. The third-order valence-electron chi connectivity index (χ3n) is 6.88. The van der Waals surface area contributed by atoms with E-state index in [2.05, 4.69) is 20.9 Å². The van der Waals surface area contributed by atoms with E-state index in [1.807, 2.05) is 37.3 Å². The minimum Gasteiger partial charge on any atom is -0.368 e. The Hall–Kier alpha value is -4.26. The van der Waals surface area contributed by atoms with Crippen molar-refractivity contribution in [1.82, 2.24) is 20.9 Å². The van der Waals surface area contributed by atoms with Crippen LogP contribution >= 0.6 is 12.4 Å². The molecule has 0 aliphatic rings. The van der Waals surface area contributed by atoms with Gasteiger partial charge in [0, 0.05) is 17.1 Å². The minimum atomic E-state index is -1.42. The molecule has 0 bridgehead atoms. The van der Waals surface area contributed by atoms with Crippen LogP contribution in [0.5, 0.6) is 0 Å². The van der Waals surface area contributed by atoms with Crippen LogP contribution in [0.2, 0.25) is 0 Å². The molecule has 0 fully saturated rings. The van der Waals surface area contributed by atoms with E-state index in [0.717, 1.165) is 28.5 Å². The highest BCUT2D eigenvalue weighted by Crippen LogP contribution is 2.19. The van der Waals surface area contributed by atoms with E-state index >= 15 is 0 Å². The maximum atomic E-state index is 13.1. The van der Waals surface area contributed by atoms with Gasteiger partial charge in [0.15, 0.2) is 0 Å². The molecule has 13 heteroatoms. The molecule has 1 heterocycles. The van der Waals surface area contributed by atoms with Crippen molar-refractivity contribution in [3.8, 4) is 0 Å². The monoisotopic (exact) mass is 613 g/mol. The summed E-state index contributed by atoms with van der Waals surface area (Å²) in [6, 6.07) is 12.3. The van der Waals surface area contributed by atoms with Gasteiger partial charge in [-0.1, -0.05) is 68.3 Å². The number of H-pyrrole nitrogens is 1. The molecule has 0 spiro atoms. The molecule has 10 N–H and O–H groups in total. The van der Waals surface area contributed by atoms with Gasteiger partial charge in [-0.25, -0.2) is 0 Å². The number of aromatic nitrogens is 1. The molecule has 43 heavy (non-hydrogen) atoms. The van der Waals surface area contributed by atoms with Crippen molar-refractivity contribution in [2.75, 3.05) is 0 Å². The number of carbonyl (C=O) groups excluding carboxylic acids is 5. The molecule has 3 rings (SSSR count). The van der Waals surface area contributed by atoms with Crippen LogP contribution in [0.25, 0.3) is 10.9 Å². The molecule has 2 aromatic carbocycles. The van der Waals surface area contributed by atoms with E-state index in [-0.39, 0.29) is 31.7 Å². The van der Waals surface area contributed by atoms with Crippen LogP contribution in [0.15, 0.2) is 60.8 Å². The van der Waals surface area contributed by atoms with Crippen molar-refractivity contribution >= 4 is 52.8 Å². The first-order valence-electron chi connectivity index (χ1n) is 13.9. The molecule has 0 saturated carbocycles. The second-order valence-corrected chi connectivity index (χ2v) is 10.2. The average Bonchev–Trinajstić information content (AvgIpc) is 3.37. The lowest BCUT2D eigenvalue weighted by atomic mass is 10.0. The van der Waals surface area contributed by atoms with Crippen LogP contribution in [0.3, 0.4) is 0 Å². The number of hydrogen-bond acceptors (Lipinski definition) is 7. The molecular formula is C30H40ClN7O5. The fourth-order valence-electron chi connectivity index (χ4n) is 4.51. The summed E-state index contributed by atoms with van der Waals surface area (Å²) < 4.78 is 0. The number of unbranched alkanes of at least 4 members (excludes halogenated alkanes) is 1. The van der Waals surface area contributed by atoms with Crippen molar-refractivity contribution in [2.45, 2.75) is 69.6 Å². The Balaban J connectivity index is 0.00000645. The van der Waals surface area contributed by atoms with E-state index in [0.29, 0.717) is 6.42 Å². The maximum absolute atomic E-state index is 13.1. The van der Waals surface area contributed by atoms with E-state index in [9.17, 15) is 24.0 Å².